The molecule has 11 heteroatoms. The number of benzene rings is 1. The van der Waals surface area contributed by atoms with Gasteiger partial charge in [0.25, 0.3) is 11.8 Å². The molecule has 2 N–H and O–H groups in total. The van der Waals surface area contributed by atoms with E-state index in [4.69, 9.17) is 0 Å². The molecule has 1 fully saturated rings. The topological polar surface area (TPSA) is 143 Å². The number of hydrogen-bond acceptors (Lipinski definition) is 7. The van der Waals surface area contributed by atoms with Crippen molar-refractivity contribution in [1.29, 1.82) is 0 Å². The lowest BCUT2D eigenvalue weighted by Crippen LogP contribution is -2.54. The molecule has 1 aromatic carbocycles. The average Bonchev–Trinajstić information content (AvgIpc) is 3.23. The van der Waals surface area contributed by atoms with Crippen LogP contribution in [-0.4, -0.2) is 55.5 Å². The Morgan fingerprint density at radius 2 is 1.96 bits per heavy atom. The molecule has 0 bridgehead atoms. The van der Waals surface area contributed by atoms with Gasteiger partial charge in [0.2, 0.25) is 17.7 Å². The highest BCUT2D eigenvalue weighted by Crippen LogP contribution is 2.29. The minimum atomic E-state index is -1.03. The van der Waals surface area contributed by atoms with E-state index in [0.29, 0.717) is 5.69 Å². The van der Waals surface area contributed by atoms with E-state index in [1.165, 1.54) is 35.3 Å². The maximum Gasteiger partial charge on any atom is 0.262 e. The molecule has 5 amide bonds. The second-order valence-electron chi connectivity index (χ2n) is 6.36. The van der Waals surface area contributed by atoms with E-state index in [1.54, 1.807) is 0 Å². The van der Waals surface area contributed by atoms with Gasteiger partial charge in [0.15, 0.2) is 0 Å². The number of fused-ring (bicyclic) bond motifs is 1. The maximum absolute atomic E-state index is 12.7. The second kappa shape index (κ2) is 6.68. The maximum atomic E-state index is 12.7. The summed E-state index contributed by atoms with van der Waals surface area (Å²) >= 11 is 0. The highest BCUT2D eigenvalue weighted by atomic mass is 16.2. The van der Waals surface area contributed by atoms with E-state index in [2.05, 4.69) is 20.9 Å². The number of piperidine rings is 1. The molecular formula is C17H14N6O5. The van der Waals surface area contributed by atoms with Crippen LogP contribution in [0.15, 0.2) is 30.6 Å². The van der Waals surface area contributed by atoms with Gasteiger partial charge >= 0.3 is 0 Å². The van der Waals surface area contributed by atoms with Gasteiger partial charge in [-0.25, -0.2) is 4.68 Å². The van der Waals surface area contributed by atoms with Crippen LogP contribution in [0.2, 0.25) is 0 Å². The lowest BCUT2D eigenvalue weighted by Gasteiger charge is -2.27. The highest BCUT2D eigenvalue weighted by molar-refractivity contribution is 6.23. The molecule has 0 spiro atoms. The van der Waals surface area contributed by atoms with Gasteiger partial charge in [0, 0.05) is 18.3 Å². The summed E-state index contributed by atoms with van der Waals surface area (Å²) in [6.07, 6.45) is 3.10. The van der Waals surface area contributed by atoms with Gasteiger partial charge in [-0.2, -0.15) is 0 Å². The van der Waals surface area contributed by atoms with Crippen LogP contribution in [0.5, 0.6) is 0 Å². The van der Waals surface area contributed by atoms with Gasteiger partial charge in [-0.1, -0.05) is 5.21 Å². The molecule has 1 atom stereocenters. The van der Waals surface area contributed by atoms with Gasteiger partial charge in [-0.05, 0) is 24.6 Å². The van der Waals surface area contributed by atoms with Crippen LogP contribution >= 0.6 is 0 Å². The summed E-state index contributed by atoms with van der Waals surface area (Å²) < 4.78 is 1.34. The van der Waals surface area contributed by atoms with Gasteiger partial charge in [0.1, 0.15) is 12.6 Å². The first-order valence-electron chi connectivity index (χ1n) is 8.43. The number of amides is 5. The Bertz CT molecular complexity index is 1020. The van der Waals surface area contributed by atoms with Crippen molar-refractivity contribution in [2.45, 2.75) is 25.4 Å². The van der Waals surface area contributed by atoms with Crippen molar-refractivity contribution in [1.82, 2.24) is 25.2 Å². The third-order valence-corrected chi connectivity index (χ3v) is 4.50. The number of carbonyl (C=O) groups is 5. The minimum absolute atomic E-state index is 0.0490. The fourth-order valence-electron chi connectivity index (χ4n) is 3.21. The Balaban J connectivity index is 1.53. The minimum Gasteiger partial charge on any atom is -0.324 e. The molecule has 3 heterocycles. The first kappa shape index (κ1) is 17.5. The number of rotatable bonds is 4. The molecule has 0 radical (unpaired) electrons. The molecule has 1 aromatic heterocycles. The molecule has 1 unspecified atom stereocenters. The van der Waals surface area contributed by atoms with Gasteiger partial charge in [-0.3, -0.25) is 34.2 Å². The summed E-state index contributed by atoms with van der Waals surface area (Å²) in [5.41, 5.74) is 0.562. The first-order chi connectivity index (χ1) is 13.4. The zero-order valence-corrected chi connectivity index (χ0v) is 14.4. The Morgan fingerprint density at radius 1 is 1.18 bits per heavy atom. The molecule has 2 aliphatic rings. The van der Waals surface area contributed by atoms with Crippen molar-refractivity contribution in [3.8, 4) is 0 Å². The zero-order valence-electron chi connectivity index (χ0n) is 14.4. The van der Waals surface area contributed by atoms with Crippen LogP contribution < -0.4 is 10.6 Å². The molecule has 11 nitrogen and oxygen atoms in total. The molecular weight excluding hydrogens is 368 g/mol. The summed E-state index contributed by atoms with van der Waals surface area (Å²) in [4.78, 5) is 61.6. The van der Waals surface area contributed by atoms with Gasteiger partial charge in [0.05, 0.1) is 17.3 Å². The van der Waals surface area contributed by atoms with Crippen LogP contribution in [0.4, 0.5) is 5.69 Å². The van der Waals surface area contributed by atoms with Crippen molar-refractivity contribution in [2.24, 2.45) is 0 Å². The van der Waals surface area contributed by atoms with Crippen LogP contribution in [0.25, 0.3) is 0 Å². The van der Waals surface area contributed by atoms with E-state index in [1.807, 2.05) is 0 Å². The van der Waals surface area contributed by atoms with E-state index < -0.39 is 29.7 Å². The van der Waals surface area contributed by atoms with Gasteiger partial charge in [-0.15, -0.1) is 5.10 Å². The van der Waals surface area contributed by atoms with Crippen molar-refractivity contribution in [2.75, 3.05) is 5.32 Å². The number of carbonyl (C=O) groups excluding carboxylic acids is 5. The summed E-state index contributed by atoms with van der Waals surface area (Å²) in [5.74, 6) is -2.73. The second-order valence-corrected chi connectivity index (χ2v) is 6.36. The lowest BCUT2D eigenvalue weighted by molar-refractivity contribution is -0.136. The summed E-state index contributed by atoms with van der Waals surface area (Å²) in [6, 6.07) is 3.28. The third kappa shape index (κ3) is 3.02. The predicted molar refractivity (Wildman–Crippen MR) is 91.8 cm³/mol. The normalized spacial score (nSPS) is 18.9. The van der Waals surface area contributed by atoms with E-state index in [9.17, 15) is 24.0 Å². The highest BCUT2D eigenvalue weighted by Gasteiger charge is 2.44. The largest absolute Gasteiger partial charge is 0.324 e. The third-order valence-electron chi connectivity index (χ3n) is 4.50. The van der Waals surface area contributed by atoms with Gasteiger partial charge < -0.3 is 5.32 Å². The van der Waals surface area contributed by atoms with Crippen LogP contribution in [0.3, 0.4) is 0 Å². The molecule has 28 heavy (non-hydrogen) atoms. The Hall–Kier alpha value is -3.89. The zero-order chi connectivity index (χ0) is 19.8. The molecule has 2 aromatic rings. The Kier molecular flexibility index (Phi) is 4.18. The lowest BCUT2D eigenvalue weighted by atomic mass is 10.0. The number of anilines is 1. The smallest absolute Gasteiger partial charge is 0.262 e. The SMILES string of the molecule is O=C1CCC(N2C(=O)c3ccc(NC(=O)Cn4ccnn4)cc3C2=O)C(=O)N1. The Morgan fingerprint density at radius 3 is 2.68 bits per heavy atom. The number of nitrogens with zero attached hydrogens (tertiary/aromatic N) is 4. The van der Waals surface area contributed by atoms with Crippen molar-refractivity contribution < 1.29 is 24.0 Å². The number of hydrogen-bond donors (Lipinski definition) is 2. The summed E-state index contributed by atoms with van der Waals surface area (Å²) in [6.45, 7) is -0.0631. The standard InChI is InChI=1S/C17H14N6O5/c24-13-4-3-12(15(26)20-13)23-16(27)10-2-1-9(7-11(10)17(23)28)19-14(25)8-22-6-5-18-21-22/h1-2,5-7,12H,3-4,8H2,(H,19,25)(H,20,24,26). The average molecular weight is 382 g/mol. The fraction of sp³-hybridized carbons (Fsp3) is 0.235. The fourth-order valence-corrected chi connectivity index (χ4v) is 3.21. The number of nitrogens with one attached hydrogen (secondary N) is 2. The van der Waals surface area contributed by atoms with Crippen molar-refractivity contribution in [3.63, 3.8) is 0 Å². The molecule has 4 rings (SSSR count). The monoisotopic (exact) mass is 382 g/mol. The van der Waals surface area contributed by atoms with Crippen molar-refractivity contribution >= 4 is 35.2 Å². The Labute approximate surface area is 157 Å². The van der Waals surface area contributed by atoms with Crippen LogP contribution in [0, 0.1) is 0 Å². The van der Waals surface area contributed by atoms with E-state index in [-0.39, 0.29) is 36.4 Å². The molecule has 1 saturated heterocycles. The van der Waals surface area contributed by atoms with E-state index >= 15 is 0 Å². The molecule has 142 valence electrons. The molecule has 2 aliphatic heterocycles. The van der Waals surface area contributed by atoms with E-state index in [0.717, 1.165) is 4.90 Å². The first-order valence-corrected chi connectivity index (χ1v) is 8.43. The van der Waals surface area contributed by atoms with Crippen LogP contribution in [-0.2, 0) is 20.9 Å². The number of imide groups is 2. The predicted octanol–water partition coefficient (Wildman–Crippen LogP) is -0.682. The quantitative estimate of drug-likeness (QED) is 0.667. The molecule has 0 saturated carbocycles. The summed E-state index contributed by atoms with van der Waals surface area (Å²) in [7, 11) is 0. The molecule has 0 aliphatic carbocycles. The van der Waals surface area contributed by atoms with Crippen molar-refractivity contribution in [3.05, 3.63) is 41.7 Å². The summed E-state index contributed by atoms with van der Waals surface area (Å²) in [5, 5.41) is 12.1. The van der Waals surface area contributed by atoms with Crippen LogP contribution in [0.1, 0.15) is 33.6 Å². The number of aromatic nitrogens is 3.